The van der Waals surface area contributed by atoms with Gasteiger partial charge in [0.2, 0.25) is 0 Å². The predicted molar refractivity (Wildman–Crippen MR) is 56.0 cm³/mol. The summed E-state index contributed by atoms with van der Waals surface area (Å²) in [7, 11) is 1.91. The lowest BCUT2D eigenvalue weighted by Gasteiger charge is -1.94. The maximum atomic E-state index is 8.36. The largest absolute Gasteiger partial charge is 0.483 e. The lowest BCUT2D eigenvalue weighted by atomic mass is 10.3. The highest BCUT2D eigenvalue weighted by Crippen LogP contribution is 2.01. The zero-order valence-electron chi connectivity index (χ0n) is 8.32. The van der Waals surface area contributed by atoms with Gasteiger partial charge >= 0.3 is 0 Å². The Kier molecular flexibility index (Phi) is 14.2. The molecule has 1 aromatic carbocycles. The maximum absolute atomic E-state index is 8.36. The second-order valence-corrected chi connectivity index (χ2v) is 1.72. The number of para-hydroxylation sites is 1. The monoisotopic (exact) mass is 183 g/mol. The predicted octanol–water partition coefficient (Wildman–Crippen LogP) is 2.46. The molecule has 74 valence electrons. The van der Waals surface area contributed by atoms with Crippen LogP contribution >= 0.6 is 0 Å². The number of hydrogen-bond donors (Lipinski definition) is 2. The van der Waals surface area contributed by atoms with E-state index in [1.165, 1.54) is 0 Å². The summed E-state index contributed by atoms with van der Waals surface area (Å²) in [6.07, 6.45) is 0. The minimum atomic E-state index is -0.250. The molecule has 0 radical (unpaired) electrons. The van der Waals surface area contributed by atoms with E-state index in [1.807, 2.05) is 51.2 Å². The lowest BCUT2D eigenvalue weighted by Crippen LogP contribution is -1.84. The van der Waals surface area contributed by atoms with E-state index < -0.39 is 0 Å². The Labute approximate surface area is 79.4 Å². The first-order chi connectivity index (χ1) is 6.35. The molecular formula is C10H17NO2. The van der Waals surface area contributed by atoms with E-state index in [9.17, 15) is 0 Å². The number of anilines is 1. The molecule has 0 amide bonds. The van der Waals surface area contributed by atoms with Crippen molar-refractivity contribution in [2.24, 2.45) is 0 Å². The molecule has 0 spiro atoms. The Morgan fingerprint density at radius 1 is 1.23 bits per heavy atom. The zero-order chi connectivity index (χ0) is 10.5. The zero-order valence-corrected chi connectivity index (χ0v) is 8.32. The van der Waals surface area contributed by atoms with Crippen LogP contribution in [-0.2, 0) is 4.79 Å². The molecule has 13 heavy (non-hydrogen) atoms. The summed E-state index contributed by atoms with van der Waals surface area (Å²) in [4.78, 5) is 8.36. The van der Waals surface area contributed by atoms with Crippen molar-refractivity contribution in [1.29, 1.82) is 0 Å². The Morgan fingerprint density at radius 2 is 1.62 bits per heavy atom. The molecule has 3 heteroatoms. The van der Waals surface area contributed by atoms with Crippen LogP contribution in [0.5, 0.6) is 0 Å². The van der Waals surface area contributed by atoms with Gasteiger partial charge in [0.15, 0.2) is 0 Å². The summed E-state index contributed by atoms with van der Waals surface area (Å²) in [6.45, 7) is 3.75. The fourth-order valence-electron chi connectivity index (χ4n) is 0.605. The van der Waals surface area contributed by atoms with Crippen molar-refractivity contribution in [3.8, 4) is 0 Å². The second-order valence-electron chi connectivity index (χ2n) is 1.72. The first-order valence-electron chi connectivity index (χ1n) is 4.15. The molecule has 0 aliphatic heterocycles. The molecule has 0 unspecified atom stereocenters. The fourth-order valence-corrected chi connectivity index (χ4v) is 0.605. The van der Waals surface area contributed by atoms with Crippen LogP contribution < -0.4 is 5.32 Å². The van der Waals surface area contributed by atoms with Crippen molar-refractivity contribution in [2.75, 3.05) is 12.4 Å². The second kappa shape index (κ2) is 13.1. The van der Waals surface area contributed by atoms with Crippen LogP contribution in [-0.4, -0.2) is 18.6 Å². The molecule has 0 bridgehead atoms. The Hall–Kier alpha value is -1.51. The average Bonchev–Trinajstić information content (AvgIpc) is 2.23. The molecule has 0 aliphatic carbocycles. The van der Waals surface area contributed by atoms with E-state index in [1.54, 1.807) is 0 Å². The van der Waals surface area contributed by atoms with Gasteiger partial charge < -0.3 is 10.4 Å². The van der Waals surface area contributed by atoms with Gasteiger partial charge in [-0.1, -0.05) is 32.0 Å². The van der Waals surface area contributed by atoms with Crippen molar-refractivity contribution in [2.45, 2.75) is 13.8 Å². The summed E-state index contributed by atoms with van der Waals surface area (Å²) >= 11 is 0. The Balaban J connectivity index is 0. The van der Waals surface area contributed by atoms with Gasteiger partial charge in [-0.15, -0.1) is 0 Å². The lowest BCUT2D eigenvalue weighted by molar-refractivity contribution is -0.122. The highest BCUT2D eigenvalue weighted by molar-refractivity contribution is 5.41. The molecule has 0 fully saturated rings. The van der Waals surface area contributed by atoms with Crippen LogP contribution in [0.1, 0.15) is 13.8 Å². The number of rotatable bonds is 1. The van der Waals surface area contributed by atoms with Gasteiger partial charge in [0.25, 0.3) is 6.47 Å². The van der Waals surface area contributed by atoms with Crippen LogP contribution in [0, 0.1) is 0 Å². The van der Waals surface area contributed by atoms with Gasteiger partial charge in [-0.3, -0.25) is 4.79 Å². The number of nitrogens with one attached hydrogen (secondary N) is 1. The van der Waals surface area contributed by atoms with Crippen LogP contribution in [0.15, 0.2) is 30.3 Å². The van der Waals surface area contributed by atoms with Crippen LogP contribution in [0.25, 0.3) is 0 Å². The number of hydrogen-bond acceptors (Lipinski definition) is 2. The van der Waals surface area contributed by atoms with Crippen molar-refractivity contribution in [3.05, 3.63) is 30.3 Å². The van der Waals surface area contributed by atoms with E-state index in [2.05, 4.69) is 5.32 Å². The van der Waals surface area contributed by atoms with Crippen molar-refractivity contribution >= 4 is 12.2 Å². The molecule has 1 rings (SSSR count). The van der Waals surface area contributed by atoms with E-state index >= 15 is 0 Å². The third-order valence-corrected chi connectivity index (χ3v) is 1.06. The van der Waals surface area contributed by atoms with Gasteiger partial charge in [-0.05, 0) is 12.1 Å². The Bertz CT molecular complexity index is 187. The molecule has 0 heterocycles. The highest BCUT2D eigenvalue weighted by Gasteiger charge is 1.77. The van der Waals surface area contributed by atoms with Crippen molar-refractivity contribution < 1.29 is 9.90 Å². The first kappa shape index (κ1) is 14.0. The minimum absolute atomic E-state index is 0.250. The summed E-state index contributed by atoms with van der Waals surface area (Å²) in [6, 6.07) is 10.1. The van der Waals surface area contributed by atoms with E-state index in [4.69, 9.17) is 9.90 Å². The molecule has 0 saturated heterocycles. The summed E-state index contributed by atoms with van der Waals surface area (Å²) in [5.41, 5.74) is 1.16. The number of carbonyl (C=O) groups is 1. The normalized spacial score (nSPS) is 6.69. The van der Waals surface area contributed by atoms with Crippen molar-refractivity contribution in [1.82, 2.24) is 0 Å². The van der Waals surface area contributed by atoms with Crippen molar-refractivity contribution in [3.63, 3.8) is 0 Å². The first-order valence-corrected chi connectivity index (χ1v) is 4.15. The van der Waals surface area contributed by atoms with Gasteiger partial charge in [0, 0.05) is 12.7 Å². The Morgan fingerprint density at radius 3 is 1.85 bits per heavy atom. The van der Waals surface area contributed by atoms with E-state index in [0.29, 0.717) is 0 Å². The fraction of sp³-hybridized carbons (Fsp3) is 0.300. The molecule has 0 atom stereocenters. The summed E-state index contributed by atoms with van der Waals surface area (Å²) < 4.78 is 0. The summed E-state index contributed by atoms with van der Waals surface area (Å²) in [5.74, 6) is 0. The van der Waals surface area contributed by atoms with Gasteiger partial charge in [-0.2, -0.15) is 0 Å². The number of carboxylic acid groups (broad SMARTS) is 1. The van der Waals surface area contributed by atoms with Crippen LogP contribution in [0.3, 0.4) is 0 Å². The summed E-state index contributed by atoms with van der Waals surface area (Å²) in [5, 5.41) is 9.92. The van der Waals surface area contributed by atoms with E-state index in [0.717, 1.165) is 5.69 Å². The molecule has 1 aromatic rings. The topological polar surface area (TPSA) is 49.3 Å². The van der Waals surface area contributed by atoms with Crippen LogP contribution in [0.4, 0.5) is 5.69 Å². The highest BCUT2D eigenvalue weighted by atomic mass is 16.3. The molecule has 0 aromatic heterocycles. The SMILES string of the molecule is CC.CNc1ccccc1.O=CO. The van der Waals surface area contributed by atoms with Gasteiger partial charge in [0.05, 0.1) is 0 Å². The smallest absolute Gasteiger partial charge is 0.290 e. The minimum Gasteiger partial charge on any atom is -0.483 e. The number of benzene rings is 1. The molecule has 0 aliphatic rings. The molecular weight excluding hydrogens is 166 g/mol. The van der Waals surface area contributed by atoms with Gasteiger partial charge in [-0.25, -0.2) is 0 Å². The quantitative estimate of drug-likeness (QED) is 0.657. The maximum Gasteiger partial charge on any atom is 0.290 e. The molecule has 2 N–H and O–H groups in total. The average molecular weight is 183 g/mol. The third-order valence-electron chi connectivity index (χ3n) is 1.06. The van der Waals surface area contributed by atoms with E-state index in [-0.39, 0.29) is 6.47 Å². The molecule has 0 saturated carbocycles. The molecule has 3 nitrogen and oxygen atoms in total. The van der Waals surface area contributed by atoms with Crippen LogP contribution in [0.2, 0.25) is 0 Å². The van der Waals surface area contributed by atoms with Gasteiger partial charge in [0.1, 0.15) is 0 Å². The third kappa shape index (κ3) is 10.5. The standard InChI is InChI=1S/C7H9N.C2H6.CH2O2/c1-8-7-5-3-2-4-6-7;1-2;2-1-3/h2-6,8H,1H3;1-2H3;1H,(H,2,3).